The molecule has 5 heteroatoms. The Morgan fingerprint density at radius 1 is 1.50 bits per heavy atom. The lowest BCUT2D eigenvalue weighted by atomic mass is 10.2. The Balaban J connectivity index is 2.81. The Hall–Kier alpha value is -1.36. The minimum atomic E-state index is -0.423. The summed E-state index contributed by atoms with van der Waals surface area (Å²) in [7, 11) is 1.32. The number of carbonyl (C=O) groups is 2. The molecule has 0 atom stereocenters. The van der Waals surface area contributed by atoms with E-state index in [1.807, 2.05) is 0 Å². The highest BCUT2D eigenvalue weighted by molar-refractivity contribution is 9.10. The first-order valence-electron chi connectivity index (χ1n) is 4.63. The fourth-order valence-corrected chi connectivity index (χ4v) is 1.44. The van der Waals surface area contributed by atoms with E-state index in [4.69, 9.17) is 4.74 Å². The summed E-state index contributed by atoms with van der Waals surface area (Å²) >= 11 is 3.29. The lowest BCUT2D eigenvalue weighted by Crippen LogP contribution is -2.03. The monoisotopic (exact) mass is 286 g/mol. The summed E-state index contributed by atoms with van der Waals surface area (Å²) in [5, 5.41) is 0. The Kier molecular flexibility index (Phi) is 4.98. The molecule has 0 unspecified atom stereocenters. The van der Waals surface area contributed by atoms with Crippen LogP contribution in [0.5, 0.6) is 5.75 Å². The molecule has 0 aromatic heterocycles. The molecule has 0 aliphatic rings. The lowest BCUT2D eigenvalue weighted by Gasteiger charge is -2.08. The van der Waals surface area contributed by atoms with E-state index in [0.29, 0.717) is 17.7 Å². The standard InChI is InChI=1S/C11H11BrO4/c1-15-11(14)8-3-4-9(12)10(7-8)16-6-2-5-13/h3-5,7H,2,6H2,1H3. The van der Waals surface area contributed by atoms with Crippen LogP contribution >= 0.6 is 15.9 Å². The molecule has 0 radical (unpaired) electrons. The van der Waals surface area contributed by atoms with Crippen LogP contribution in [-0.4, -0.2) is 26.0 Å². The number of ether oxygens (including phenoxy) is 2. The number of aldehydes is 1. The van der Waals surface area contributed by atoms with Gasteiger partial charge in [-0.15, -0.1) is 0 Å². The zero-order chi connectivity index (χ0) is 12.0. The maximum atomic E-state index is 11.3. The molecule has 0 aliphatic heterocycles. The fourth-order valence-electron chi connectivity index (χ4n) is 1.08. The van der Waals surface area contributed by atoms with Crippen molar-refractivity contribution in [2.24, 2.45) is 0 Å². The minimum absolute atomic E-state index is 0.284. The second-order valence-electron chi connectivity index (χ2n) is 2.94. The van der Waals surface area contributed by atoms with Gasteiger partial charge in [-0.1, -0.05) is 0 Å². The van der Waals surface area contributed by atoms with Crippen molar-refractivity contribution in [2.45, 2.75) is 6.42 Å². The van der Waals surface area contributed by atoms with Gasteiger partial charge in [0.15, 0.2) is 0 Å². The van der Waals surface area contributed by atoms with Crippen LogP contribution in [0.2, 0.25) is 0 Å². The van der Waals surface area contributed by atoms with Gasteiger partial charge >= 0.3 is 5.97 Å². The summed E-state index contributed by atoms with van der Waals surface area (Å²) in [6.07, 6.45) is 1.09. The molecule has 0 saturated heterocycles. The quantitative estimate of drug-likeness (QED) is 0.473. The second kappa shape index (κ2) is 6.27. The molecule has 0 spiro atoms. The van der Waals surface area contributed by atoms with Gasteiger partial charge < -0.3 is 14.3 Å². The largest absolute Gasteiger partial charge is 0.492 e. The third-order valence-corrected chi connectivity index (χ3v) is 2.50. The molecule has 86 valence electrons. The van der Waals surface area contributed by atoms with E-state index in [0.717, 1.165) is 10.8 Å². The van der Waals surface area contributed by atoms with E-state index in [1.54, 1.807) is 18.2 Å². The first-order valence-corrected chi connectivity index (χ1v) is 5.42. The average molecular weight is 287 g/mol. The van der Waals surface area contributed by atoms with E-state index in [1.165, 1.54) is 7.11 Å². The summed E-state index contributed by atoms with van der Waals surface area (Å²) in [6.45, 7) is 0.284. The van der Waals surface area contributed by atoms with E-state index < -0.39 is 5.97 Å². The number of methoxy groups -OCH3 is 1. The number of halogens is 1. The molecule has 0 bridgehead atoms. The normalized spacial score (nSPS) is 9.62. The van der Waals surface area contributed by atoms with Gasteiger partial charge in [-0.25, -0.2) is 4.79 Å². The molecule has 1 aromatic carbocycles. The van der Waals surface area contributed by atoms with Crippen LogP contribution < -0.4 is 4.74 Å². The predicted octanol–water partition coefficient (Wildman–Crippen LogP) is 2.20. The Labute approximate surface area is 102 Å². The number of carbonyl (C=O) groups excluding carboxylic acids is 2. The van der Waals surface area contributed by atoms with Crippen LogP contribution in [0.1, 0.15) is 16.8 Å². The number of esters is 1. The van der Waals surface area contributed by atoms with Crippen molar-refractivity contribution in [3.63, 3.8) is 0 Å². The van der Waals surface area contributed by atoms with Gasteiger partial charge in [-0.2, -0.15) is 0 Å². The third-order valence-electron chi connectivity index (χ3n) is 1.85. The summed E-state index contributed by atoms with van der Waals surface area (Å²) in [5.74, 6) is 0.0949. The lowest BCUT2D eigenvalue weighted by molar-refractivity contribution is -0.108. The first kappa shape index (κ1) is 12.7. The fraction of sp³-hybridized carbons (Fsp3) is 0.273. The van der Waals surface area contributed by atoms with E-state index >= 15 is 0 Å². The number of hydrogen-bond acceptors (Lipinski definition) is 4. The van der Waals surface area contributed by atoms with E-state index in [9.17, 15) is 9.59 Å². The van der Waals surface area contributed by atoms with Crippen molar-refractivity contribution >= 4 is 28.2 Å². The van der Waals surface area contributed by atoms with Crippen molar-refractivity contribution in [2.75, 3.05) is 13.7 Å². The van der Waals surface area contributed by atoms with Crippen molar-refractivity contribution < 1.29 is 19.1 Å². The number of hydrogen-bond donors (Lipinski definition) is 0. The van der Waals surface area contributed by atoms with Crippen molar-refractivity contribution in [3.05, 3.63) is 28.2 Å². The Morgan fingerprint density at radius 2 is 2.25 bits per heavy atom. The molecule has 1 rings (SSSR count). The van der Waals surface area contributed by atoms with Gasteiger partial charge in [-0.3, -0.25) is 0 Å². The molecule has 1 aromatic rings. The zero-order valence-corrected chi connectivity index (χ0v) is 10.3. The molecule has 4 nitrogen and oxygen atoms in total. The molecule has 0 aliphatic carbocycles. The van der Waals surface area contributed by atoms with Crippen LogP contribution in [0.15, 0.2) is 22.7 Å². The van der Waals surface area contributed by atoms with Crippen LogP contribution in [0, 0.1) is 0 Å². The van der Waals surface area contributed by atoms with E-state index in [-0.39, 0.29) is 6.61 Å². The van der Waals surface area contributed by atoms with Crippen molar-refractivity contribution in [3.8, 4) is 5.75 Å². The van der Waals surface area contributed by atoms with Crippen LogP contribution in [0.25, 0.3) is 0 Å². The predicted molar refractivity (Wildman–Crippen MR) is 61.7 cm³/mol. The second-order valence-corrected chi connectivity index (χ2v) is 3.79. The summed E-state index contributed by atoms with van der Waals surface area (Å²) in [5.41, 5.74) is 0.409. The van der Waals surface area contributed by atoms with Crippen LogP contribution in [0.3, 0.4) is 0 Å². The highest BCUT2D eigenvalue weighted by atomic mass is 79.9. The maximum absolute atomic E-state index is 11.3. The Morgan fingerprint density at radius 3 is 2.88 bits per heavy atom. The van der Waals surface area contributed by atoms with Gasteiger partial charge in [0.05, 0.1) is 23.8 Å². The van der Waals surface area contributed by atoms with Gasteiger partial charge in [-0.05, 0) is 34.1 Å². The van der Waals surface area contributed by atoms with E-state index in [2.05, 4.69) is 20.7 Å². The summed E-state index contributed by atoms with van der Waals surface area (Å²) < 4.78 is 10.6. The molecular weight excluding hydrogens is 276 g/mol. The van der Waals surface area contributed by atoms with Crippen molar-refractivity contribution in [1.82, 2.24) is 0 Å². The van der Waals surface area contributed by atoms with Crippen molar-refractivity contribution in [1.29, 1.82) is 0 Å². The third kappa shape index (κ3) is 3.34. The molecular formula is C11H11BrO4. The molecule has 16 heavy (non-hydrogen) atoms. The molecule has 0 amide bonds. The minimum Gasteiger partial charge on any atom is -0.492 e. The zero-order valence-electron chi connectivity index (χ0n) is 8.73. The van der Waals surface area contributed by atoms with Gasteiger partial charge in [0.25, 0.3) is 0 Å². The Bertz CT molecular complexity index is 390. The average Bonchev–Trinajstić information content (AvgIpc) is 2.31. The van der Waals surface area contributed by atoms with Gasteiger partial charge in [0, 0.05) is 6.42 Å². The summed E-state index contributed by atoms with van der Waals surface area (Å²) in [6, 6.07) is 4.89. The highest BCUT2D eigenvalue weighted by Crippen LogP contribution is 2.26. The van der Waals surface area contributed by atoms with Gasteiger partial charge in [0.2, 0.25) is 0 Å². The molecule has 0 N–H and O–H groups in total. The van der Waals surface area contributed by atoms with Crippen LogP contribution in [-0.2, 0) is 9.53 Å². The SMILES string of the molecule is COC(=O)c1ccc(Br)c(OCCC=O)c1. The molecule has 0 fully saturated rings. The first-order chi connectivity index (χ1) is 7.69. The number of benzene rings is 1. The molecule has 0 saturated carbocycles. The maximum Gasteiger partial charge on any atom is 0.337 e. The van der Waals surface area contributed by atoms with Gasteiger partial charge in [0.1, 0.15) is 12.0 Å². The van der Waals surface area contributed by atoms with Crippen LogP contribution in [0.4, 0.5) is 0 Å². The highest BCUT2D eigenvalue weighted by Gasteiger charge is 2.09. The molecule has 0 heterocycles. The smallest absolute Gasteiger partial charge is 0.337 e. The number of rotatable bonds is 5. The summed E-state index contributed by atoms with van der Waals surface area (Å²) in [4.78, 5) is 21.4. The topological polar surface area (TPSA) is 52.6 Å².